The van der Waals surface area contributed by atoms with Crippen molar-refractivity contribution in [2.24, 2.45) is 17.3 Å². The maximum absolute atomic E-state index is 13.1. The second kappa shape index (κ2) is 6.17. The van der Waals surface area contributed by atoms with Crippen LogP contribution in [0.15, 0.2) is 0 Å². The van der Waals surface area contributed by atoms with Gasteiger partial charge in [0.25, 0.3) is 0 Å². The molecule has 2 fully saturated rings. The van der Waals surface area contributed by atoms with Crippen LogP contribution >= 0.6 is 0 Å². The molecule has 2 atom stereocenters. The largest absolute Gasteiger partial charge is 0.367 e. The molecule has 2 aliphatic carbocycles. The minimum atomic E-state index is -0.452. The van der Waals surface area contributed by atoms with E-state index in [1.54, 1.807) is 0 Å². The number of ketones is 1. The lowest BCUT2D eigenvalue weighted by Gasteiger charge is -2.44. The van der Waals surface area contributed by atoms with E-state index in [2.05, 4.69) is 20.8 Å². The zero-order valence-corrected chi connectivity index (χ0v) is 13.8. The molecule has 0 aliphatic heterocycles. The summed E-state index contributed by atoms with van der Waals surface area (Å²) in [4.78, 5) is 13.1. The molecule has 116 valence electrons. The van der Waals surface area contributed by atoms with Gasteiger partial charge >= 0.3 is 0 Å². The van der Waals surface area contributed by atoms with E-state index in [1.807, 2.05) is 6.92 Å². The second-order valence-electron chi connectivity index (χ2n) is 7.92. The Hall–Kier alpha value is -0.370. The summed E-state index contributed by atoms with van der Waals surface area (Å²) in [6, 6.07) is 0. The van der Waals surface area contributed by atoms with Crippen LogP contribution in [0.1, 0.15) is 79.1 Å². The van der Waals surface area contributed by atoms with Crippen LogP contribution in [0, 0.1) is 17.3 Å². The van der Waals surface area contributed by atoms with Gasteiger partial charge in [-0.2, -0.15) is 0 Å². The van der Waals surface area contributed by atoms with Crippen molar-refractivity contribution >= 4 is 5.78 Å². The molecule has 0 N–H and O–H groups in total. The monoisotopic (exact) mass is 280 g/mol. The average molecular weight is 280 g/mol. The van der Waals surface area contributed by atoms with E-state index in [-0.39, 0.29) is 5.92 Å². The van der Waals surface area contributed by atoms with Gasteiger partial charge in [0.2, 0.25) is 0 Å². The highest BCUT2D eigenvalue weighted by atomic mass is 16.5. The van der Waals surface area contributed by atoms with Gasteiger partial charge in [0, 0.05) is 12.5 Å². The Bertz CT molecular complexity index is 335. The predicted molar refractivity (Wildman–Crippen MR) is 82.7 cm³/mol. The SMILES string of the molecule is CCOC1(C(=O)C2CCCC(C)C2)CCC(C)(C)CC1. The molecule has 20 heavy (non-hydrogen) atoms. The zero-order valence-electron chi connectivity index (χ0n) is 13.8. The van der Waals surface area contributed by atoms with Gasteiger partial charge in [0.05, 0.1) is 0 Å². The number of ether oxygens (including phenoxy) is 1. The van der Waals surface area contributed by atoms with E-state index in [4.69, 9.17) is 4.74 Å². The highest BCUT2D eigenvalue weighted by molar-refractivity contribution is 5.89. The number of carbonyl (C=O) groups excluding carboxylic acids is 1. The number of Topliss-reactive ketones (excluding diaryl/α,β-unsaturated/α-hetero) is 1. The molecule has 0 saturated heterocycles. The molecule has 0 aromatic heterocycles. The fourth-order valence-electron chi connectivity index (χ4n) is 4.11. The van der Waals surface area contributed by atoms with Crippen LogP contribution in [-0.2, 0) is 9.53 Å². The molecular weight excluding hydrogens is 248 g/mol. The van der Waals surface area contributed by atoms with Gasteiger partial charge < -0.3 is 4.74 Å². The lowest BCUT2D eigenvalue weighted by molar-refractivity contribution is -0.158. The molecular formula is C18H32O2. The van der Waals surface area contributed by atoms with Crippen LogP contribution in [0.25, 0.3) is 0 Å². The quantitative estimate of drug-likeness (QED) is 0.742. The molecule has 0 spiro atoms. The smallest absolute Gasteiger partial charge is 0.167 e. The number of rotatable bonds is 4. The lowest BCUT2D eigenvalue weighted by Crippen LogP contribution is -2.49. The molecule has 0 bridgehead atoms. The summed E-state index contributed by atoms with van der Waals surface area (Å²) in [5.74, 6) is 1.39. The van der Waals surface area contributed by atoms with Crippen molar-refractivity contribution in [2.45, 2.75) is 84.7 Å². The highest BCUT2D eigenvalue weighted by Crippen LogP contribution is 2.45. The normalized spacial score (nSPS) is 32.8. The molecule has 0 amide bonds. The van der Waals surface area contributed by atoms with E-state index in [0.717, 1.165) is 38.5 Å². The highest BCUT2D eigenvalue weighted by Gasteiger charge is 2.47. The summed E-state index contributed by atoms with van der Waals surface area (Å²) < 4.78 is 6.06. The first-order chi connectivity index (χ1) is 9.38. The molecule has 2 nitrogen and oxygen atoms in total. The van der Waals surface area contributed by atoms with Crippen LogP contribution in [0.4, 0.5) is 0 Å². The lowest BCUT2D eigenvalue weighted by atomic mass is 9.66. The van der Waals surface area contributed by atoms with Crippen molar-refractivity contribution in [2.75, 3.05) is 6.61 Å². The molecule has 2 saturated carbocycles. The summed E-state index contributed by atoms with van der Waals surface area (Å²) in [7, 11) is 0. The molecule has 0 radical (unpaired) electrons. The Balaban J connectivity index is 2.09. The van der Waals surface area contributed by atoms with Gasteiger partial charge in [-0.25, -0.2) is 0 Å². The Morgan fingerprint density at radius 3 is 2.35 bits per heavy atom. The van der Waals surface area contributed by atoms with E-state index >= 15 is 0 Å². The summed E-state index contributed by atoms with van der Waals surface area (Å²) in [6.07, 6.45) is 8.75. The minimum absolute atomic E-state index is 0.256. The van der Waals surface area contributed by atoms with Gasteiger partial charge in [-0.05, 0) is 56.8 Å². The third-order valence-electron chi connectivity index (χ3n) is 5.59. The van der Waals surface area contributed by atoms with E-state index in [9.17, 15) is 4.79 Å². The van der Waals surface area contributed by atoms with Crippen LogP contribution in [-0.4, -0.2) is 18.0 Å². The topological polar surface area (TPSA) is 26.3 Å². The van der Waals surface area contributed by atoms with Crippen molar-refractivity contribution in [3.63, 3.8) is 0 Å². The first-order valence-corrected chi connectivity index (χ1v) is 8.57. The number of hydrogen-bond donors (Lipinski definition) is 0. The van der Waals surface area contributed by atoms with Gasteiger partial charge in [0.15, 0.2) is 5.78 Å². The Morgan fingerprint density at radius 2 is 1.80 bits per heavy atom. The van der Waals surface area contributed by atoms with Crippen molar-refractivity contribution in [1.82, 2.24) is 0 Å². The standard InChI is InChI=1S/C18H32O2/c1-5-20-18(11-9-17(3,4)10-12-18)16(19)15-8-6-7-14(2)13-15/h14-15H,5-13H2,1-4H3. The molecule has 0 aromatic carbocycles. The van der Waals surface area contributed by atoms with Gasteiger partial charge in [-0.1, -0.05) is 33.6 Å². The summed E-state index contributed by atoms with van der Waals surface area (Å²) in [5, 5.41) is 0. The van der Waals surface area contributed by atoms with Gasteiger partial charge in [0.1, 0.15) is 5.60 Å². The maximum atomic E-state index is 13.1. The van der Waals surface area contributed by atoms with E-state index in [0.29, 0.717) is 23.7 Å². The second-order valence-corrected chi connectivity index (χ2v) is 7.92. The molecule has 2 aliphatic rings. The predicted octanol–water partition coefficient (Wildman–Crippen LogP) is 4.76. The van der Waals surface area contributed by atoms with E-state index in [1.165, 1.54) is 12.8 Å². The minimum Gasteiger partial charge on any atom is -0.367 e. The van der Waals surface area contributed by atoms with Crippen molar-refractivity contribution in [1.29, 1.82) is 0 Å². The summed E-state index contributed by atoms with van der Waals surface area (Å²) >= 11 is 0. The molecule has 2 heteroatoms. The molecule has 2 unspecified atom stereocenters. The van der Waals surface area contributed by atoms with E-state index < -0.39 is 5.60 Å². The van der Waals surface area contributed by atoms with Crippen LogP contribution in [0.5, 0.6) is 0 Å². The van der Waals surface area contributed by atoms with Gasteiger partial charge in [-0.15, -0.1) is 0 Å². The Morgan fingerprint density at radius 1 is 1.15 bits per heavy atom. The molecule has 0 aromatic rings. The average Bonchev–Trinajstić information content (AvgIpc) is 2.41. The third-order valence-corrected chi connectivity index (χ3v) is 5.59. The zero-order chi connectivity index (χ0) is 14.8. The molecule has 2 rings (SSSR count). The number of carbonyl (C=O) groups is 1. The van der Waals surface area contributed by atoms with Crippen molar-refractivity contribution in [3.8, 4) is 0 Å². The first kappa shape index (κ1) is 16.0. The van der Waals surface area contributed by atoms with Crippen molar-refractivity contribution in [3.05, 3.63) is 0 Å². The third kappa shape index (κ3) is 3.44. The van der Waals surface area contributed by atoms with Crippen LogP contribution in [0.2, 0.25) is 0 Å². The molecule has 0 heterocycles. The van der Waals surface area contributed by atoms with Crippen molar-refractivity contribution < 1.29 is 9.53 Å². The summed E-state index contributed by atoms with van der Waals surface area (Å²) in [5.41, 5.74) is -0.0767. The fraction of sp³-hybridized carbons (Fsp3) is 0.944. The fourth-order valence-corrected chi connectivity index (χ4v) is 4.11. The maximum Gasteiger partial charge on any atom is 0.167 e. The summed E-state index contributed by atoms with van der Waals surface area (Å²) in [6.45, 7) is 9.61. The number of hydrogen-bond acceptors (Lipinski definition) is 2. The van der Waals surface area contributed by atoms with Crippen LogP contribution in [0.3, 0.4) is 0 Å². The van der Waals surface area contributed by atoms with Crippen LogP contribution < -0.4 is 0 Å². The first-order valence-electron chi connectivity index (χ1n) is 8.57. The van der Waals surface area contributed by atoms with Gasteiger partial charge in [-0.3, -0.25) is 4.79 Å². The Kier molecular flexibility index (Phi) is 4.94. The Labute approximate surface area is 124 Å².